The molecule has 3 nitrogen and oxygen atoms in total. The first-order valence-corrected chi connectivity index (χ1v) is 6.51. The molecule has 0 heterocycles. The van der Waals surface area contributed by atoms with Crippen LogP contribution >= 0.6 is 11.6 Å². The third kappa shape index (κ3) is 3.65. The maximum atomic E-state index is 11.0. The lowest BCUT2D eigenvalue weighted by atomic mass is 10.1. The van der Waals surface area contributed by atoms with E-state index in [4.69, 9.17) is 17.3 Å². The molecule has 0 spiro atoms. The van der Waals surface area contributed by atoms with Gasteiger partial charge in [0.05, 0.1) is 5.75 Å². The van der Waals surface area contributed by atoms with E-state index >= 15 is 0 Å². The van der Waals surface area contributed by atoms with Crippen molar-refractivity contribution < 1.29 is 8.42 Å². The molecule has 1 rings (SSSR count). The molecular weight excluding hydrogens is 222 g/mol. The topological polar surface area (TPSA) is 60.2 Å². The second-order valence-electron chi connectivity index (χ2n) is 3.25. The molecule has 1 aromatic carbocycles. The molecule has 0 saturated carbocycles. The van der Waals surface area contributed by atoms with Gasteiger partial charge in [0.25, 0.3) is 0 Å². The summed E-state index contributed by atoms with van der Waals surface area (Å²) in [5, 5.41) is 0.562. The Kier molecular flexibility index (Phi) is 3.53. The predicted octanol–water partition coefficient (Wildman–Crippen LogP) is 1.38. The van der Waals surface area contributed by atoms with Crippen LogP contribution in [-0.2, 0) is 9.84 Å². The SMILES string of the molecule is CS(=O)(=O)C[C@@H](N)c1cccc(Cl)c1. The van der Waals surface area contributed by atoms with E-state index in [0.29, 0.717) is 5.02 Å². The normalized spacial score (nSPS) is 13.9. The van der Waals surface area contributed by atoms with Crippen molar-refractivity contribution in [3.8, 4) is 0 Å². The molecule has 0 aliphatic rings. The van der Waals surface area contributed by atoms with Crippen molar-refractivity contribution in [3.05, 3.63) is 34.9 Å². The van der Waals surface area contributed by atoms with Gasteiger partial charge in [-0.05, 0) is 17.7 Å². The van der Waals surface area contributed by atoms with E-state index in [0.717, 1.165) is 11.8 Å². The summed E-state index contributed by atoms with van der Waals surface area (Å²) in [6, 6.07) is 6.40. The van der Waals surface area contributed by atoms with Gasteiger partial charge in [-0.3, -0.25) is 0 Å². The lowest BCUT2D eigenvalue weighted by molar-refractivity contribution is 0.595. The van der Waals surface area contributed by atoms with Crippen LogP contribution in [0.3, 0.4) is 0 Å². The van der Waals surface area contributed by atoms with Gasteiger partial charge in [-0.2, -0.15) is 0 Å². The van der Waals surface area contributed by atoms with Crippen LogP contribution in [0, 0.1) is 0 Å². The van der Waals surface area contributed by atoms with Gasteiger partial charge in [0.1, 0.15) is 9.84 Å². The van der Waals surface area contributed by atoms with E-state index < -0.39 is 15.9 Å². The van der Waals surface area contributed by atoms with E-state index in [1.165, 1.54) is 0 Å². The van der Waals surface area contributed by atoms with Gasteiger partial charge >= 0.3 is 0 Å². The number of halogens is 1. The minimum Gasteiger partial charge on any atom is -0.323 e. The lowest BCUT2D eigenvalue weighted by Gasteiger charge is -2.10. The number of nitrogens with two attached hydrogens (primary N) is 1. The molecule has 78 valence electrons. The monoisotopic (exact) mass is 233 g/mol. The fourth-order valence-electron chi connectivity index (χ4n) is 1.16. The Bertz CT molecular complexity index is 417. The van der Waals surface area contributed by atoms with E-state index in [2.05, 4.69) is 0 Å². The van der Waals surface area contributed by atoms with E-state index in [-0.39, 0.29) is 5.75 Å². The average Bonchev–Trinajstić information content (AvgIpc) is 2.01. The molecule has 0 amide bonds. The molecule has 0 fully saturated rings. The standard InChI is InChI=1S/C9H12ClNO2S/c1-14(12,13)6-9(11)7-3-2-4-8(10)5-7/h2-5,9H,6,11H2,1H3/t9-/m1/s1. The molecule has 1 atom stereocenters. The minimum atomic E-state index is -3.05. The molecule has 1 aromatic rings. The van der Waals surface area contributed by atoms with Crippen LogP contribution in [0.25, 0.3) is 0 Å². The third-order valence-electron chi connectivity index (χ3n) is 1.76. The Balaban J connectivity index is 2.85. The van der Waals surface area contributed by atoms with Crippen molar-refractivity contribution in [2.75, 3.05) is 12.0 Å². The van der Waals surface area contributed by atoms with Crippen LogP contribution in [0.2, 0.25) is 5.02 Å². The first-order chi connectivity index (χ1) is 6.38. The van der Waals surface area contributed by atoms with E-state index in [1.54, 1.807) is 24.3 Å². The Morgan fingerprint density at radius 1 is 1.50 bits per heavy atom. The summed E-state index contributed by atoms with van der Waals surface area (Å²) in [6.45, 7) is 0. The zero-order valence-corrected chi connectivity index (χ0v) is 9.35. The fraction of sp³-hybridized carbons (Fsp3) is 0.333. The Labute approximate surface area is 88.8 Å². The first-order valence-electron chi connectivity index (χ1n) is 4.07. The molecule has 2 N–H and O–H groups in total. The number of sulfone groups is 1. The molecule has 0 aliphatic carbocycles. The van der Waals surface area contributed by atoms with Crippen LogP contribution in [0.15, 0.2) is 24.3 Å². The molecule has 0 saturated heterocycles. The predicted molar refractivity (Wildman–Crippen MR) is 58.1 cm³/mol. The molecule has 14 heavy (non-hydrogen) atoms. The zero-order valence-electron chi connectivity index (χ0n) is 7.77. The summed E-state index contributed by atoms with van der Waals surface area (Å²) in [7, 11) is -3.05. The molecule has 5 heteroatoms. The highest BCUT2D eigenvalue weighted by molar-refractivity contribution is 7.90. The maximum Gasteiger partial charge on any atom is 0.149 e. The molecule has 0 radical (unpaired) electrons. The van der Waals surface area contributed by atoms with Gasteiger partial charge in [0.15, 0.2) is 0 Å². The Morgan fingerprint density at radius 3 is 2.64 bits per heavy atom. The van der Waals surface area contributed by atoms with Gasteiger partial charge in [-0.15, -0.1) is 0 Å². The Morgan fingerprint density at radius 2 is 2.14 bits per heavy atom. The van der Waals surface area contributed by atoms with Crippen LogP contribution in [-0.4, -0.2) is 20.4 Å². The lowest BCUT2D eigenvalue weighted by Crippen LogP contribution is -2.20. The summed E-state index contributed by atoms with van der Waals surface area (Å²) in [5.41, 5.74) is 6.45. The number of benzene rings is 1. The summed E-state index contributed by atoms with van der Waals surface area (Å²) in [4.78, 5) is 0. The van der Waals surface area contributed by atoms with Crippen LogP contribution in [0.4, 0.5) is 0 Å². The van der Waals surface area contributed by atoms with E-state index in [9.17, 15) is 8.42 Å². The molecule has 0 aromatic heterocycles. The first kappa shape index (κ1) is 11.5. The minimum absolute atomic E-state index is 0.0622. The zero-order chi connectivity index (χ0) is 10.8. The molecular formula is C9H12ClNO2S. The number of rotatable bonds is 3. The smallest absolute Gasteiger partial charge is 0.149 e. The quantitative estimate of drug-likeness (QED) is 0.858. The summed E-state index contributed by atoms with van der Waals surface area (Å²) in [6.07, 6.45) is 1.16. The van der Waals surface area contributed by atoms with Gasteiger partial charge in [0.2, 0.25) is 0 Å². The van der Waals surface area contributed by atoms with Gasteiger partial charge < -0.3 is 5.73 Å². The second kappa shape index (κ2) is 4.29. The van der Waals surface area contributed by atoms with E-state index in [1.807, 2.05) is 0 Å². The maximum absolute atomic E-state index is 11.0. The van der Waals surface area contributed by atoms with Gasteiger partial charge in [-0.1, -0.05) is 23.7 Å². The third-order valence-corrected chi connectivity index (χ3v) is 2.96. The summed E-state index contributed by atoms with van der Waals surface area (Å²) >= 11 is 5.76. The Hall–Kier alpha value is -0.580. The van der Waals surface area contributed by atoms with Crippen molar-refractivity contribution in [1.29, 1.82) is 0 Å². The number of hydrogen-bond acceptors (Lipinski definition) is 3. The van der Waals surface area contributed by atoms with Crippen LogP contribution in [0.5, 0.6) is 0 Å². The molecule has 0 unspecified atom stereocenters. The summed E-state index contributed by atoms with van der Waals surface area (Å²) < 4.78 is 22.0. The van der Waals surface area contributed by atoms with Crippen LogP contribution in [0.1, 0.15) is 11.6 Å². The van der Waals surface area contributed by atoms with Crippen molar-refractivity contribution in [2.45, 2.75) is 6.04 Å². The van der Waals surface area contributed by atoms with Crippen LogP contribution < -0.4 is 5.73 Å². The average molecular weight is 234 g/mol. The second-order valence-corrected chi connectivity index (χ2v) is 5.88. The van der Waals surface area contributed by atoms with Gasteiger partial charge in [0, 0.05) is 17.3 Å². The highest BCUT2D eigenvalue weighted by Crippen LogP contribution is 2.16. The van der Waals surface area contributed by atoms with Crippen molar-refractivity contribution in [2.24, 2.45) is 5.73 Å². The van der Waals surface area contributed by atoms with Crippen molar-refractivity contribution in [1.82, 2.24) is 0 Å². The highest BCUT2D eigenvalue weighted by Gasteiger charge is 2.12. The van der Waals surface area contributed by atoms with Crippen molar-refractivity contribution >= 4 is 21.4 Å². The van der Waals surface area contributed by atoms with Gasteiger partial charge in [-0.25, -0.2) is 8.42 Å². The largest absolute Gasteiger partial charge is 0.323 e. The molecule has 0 bridgehead atoms. The summed E-state index contributed by atoms with van der Waals surface area (Å²) in [5.74, 6) is -0.0622. The fourth-order valence-corrected chi connectivity index (χ4v) is 2.20. The highest BCUT2D eigenvalue weighted by atomic mass is 35.5. The molecule has 0 aliphatic heterocycles. The van der Waals surface area contributed by atoms with Crippen molar-refractivity contribution in [3.63, 3.8) is 0 Å². The number of hydrogen-bond donors (Lipinski definition) is 1.